The van der Waals surface area contributed by atoms with Crippen LogP contribution >= 0.6 is 0 Å². The number of rotatable bonds is 1. The Morgan fingerprint density at radius 2 is 1.88 bits per heavy atom. The Bertz CT molecular complexity index is 273. The monoisotopic (exact) mass is 240 g/mol. The highest BCUT2D eigenvalue weighted by molar-refractivity contribution is 5.82. The predicted octanol–water partition coefficient (Wildman–Crippen LogP) is 1.01. The van der Waals surface area contributed by atoms with E-state index >= 15 is 0 Å². The summed E-state index contributed by atoms with van der Waals surface area (Å²) in [7, 11) is 0. The molecule has 2 aliphatic heterocycles. The number of hydrogen-bond donors (Lipinski definition) is 1. The molecule has 17 heavy (non-hydrogen) atoms. The molecule has 2 heterocycles. The third kappa shape index (κ3) is 3.19. The van der Waals surface area contributed by atoms with Gasteiger partial charge in [0, 0.05) is 13.1 Å². The molecule has 2 saturated heterocycles. The topological polar surface area (TPSA) is 41.6 Å². The van der Waals surface area contributed by atoms with Gasteiger partial charge in [0.2, 0.25) is 5.91 Å². The summed E-state index contributed by atoms with van der Waals surface area (Å²) >= 11 is 0. The fraction of sp³-hybridized carbons (Fsp3) is 0.923. The third-order valence-corrected chi connectivity index (χ3v) is 3.70. The van der Waals surface area contributed by atoms with Crippen molar-refractivity contribution in [1.29, 1.82) is 0 Å². The zero-order chi connectivity index (χ0) is 12.4. The first-order valence-corrected chi connectivity index (χ1v) is 6.74. The zero-order valence-corrected chi connectivity index (χ0v) is 11.1. The van der Waals surface area contributed by atoms with E-state index in [0.717, 1.165) is 26.1 Å². The van der Waals surface area contributed by atoms with Crippen LogP contribution in [0.5, 0.6) is 0 Å². The quantitative estimate of drug-likeness (QED) is 0.744. The smallest absolute Gasteiger partial charge is 0.239 e. The van der Waals surface area contributed by atoms with E-state index in [0.29, 0.717) is 5.92 Å². The van der Waals surface area contributed by atoms with Crippen molar-refractivity contribution in [2.24, 2.45) is 5.92 Å². The summed E-state index contributed by atoms with van der Waals surface area (Å²) in [5.41, 5.74) is 0. The maximum Gasteiger partial charge on any atom is 0.239 e. The highest BCUT2D eigenvalue weighted by atomic mass is 16.5. The van der Waals surface area contributed by atoms with Crippen LogP contribution in [-0.4, -0.2) is 48.7 Å². The molecule has 0 saturated carbocycles. The highest BCUT2D eigenvalue weighted by Crippen LogP contribution is 2.19. The predicted molar refractivity (Wildman–Crippen MR) is 66.8 cm³/mol. The number of amides is 1. The van der Waals surface area contributed by atoms with Crippen molar-refractivity contribution in [3.8, 4) is 0 Å². The Balaban J connectivity index is 1.94. The summed E-state index contributed by atoms with van der Waals surface area (Å²) in [5, 5.41) is 3.34. The van der Waals surface area contributed by atoms with Gasteiger partial charge >= 0.3 is 0 Å². The lowest BCUT2D eigenvalue weighted by Gasteiger charge is -2.38. The number of hydrogen-bond acceptors (Lipinski definition) is 3. The number of carbonyl (C=O) groups excluding carboxylic acids is 1. The van der Waals surface area contributed by atoms with Crippen LogP contribution in [0.4, 0.5) is 0 Å². The minimum atomic E-state index is 0.0243. The van der Waals surface area contributed by atoms with E-state index < -0.39 is 0 Å². The van der Waals surface area contributed by atoms with Crippen LogP contribution in [0.25, 0.3) is 0 Å². The van der Waals surface area contributed by atoms with E-state index in [4.69, 9.17) is 4.74 Å². The van der Waals surface area contributed by atoms with Crippen LogP contribution in [0.3, 0.4) is 0 Å². The summed E-state index contributed by atoms with van der Waals surface area (Å²) in [6.07, 6.45) is 2.46. The standard InChI is InChI=1S/C13H24N2O2/c1-9-4-5-14-12(6-9)13(16)15-7-10(2)17-11(3)8-15/h9-12,14H,4-8H2,1-3H3. The van der Waals surface area contributed by atoms with E-state index in [1.165, 1.54) is 6.42 Å². The van der Waals surface area contributed by atoms with Gasteiger partial charge in [0.05, 0.1) is 18.2 Å². The molecule has 0 aromatic rings. The molecule has 2 rings (SSSR count). The average Bonchev–Trinajstić information content (AvgIpc) is 2.26. The van der Waals surface area contributed by atoms with E-state index in [-0.39, 0.29) is 24.2 Å². The van der Waals surface area contributed by atoms with Gasteiger partial charge in [-0.3, -0.25) is 4.79 Å². The van der Waals surface area contributed by atoms with Crippen molar-refractivity contribution < 1.29 is 9.53 Å². The van der Waals surface area contributed by atoms with Crippen molar-refractivity contribution >= 4 is 5.91 Å². The second kappa shape index (κ2) is 5.36. The molecule has 0 aliphatic carbocycles. The van der Waals surface area contributed by atoms with Crippen molar-refractivity contribution in [2.45, 2.75) is 51.9 Å². The molecule has 0 aromatic carbocycles. The SMILES string of the molecule is CC1CCNC(C(=O)N2CC(C)OC(C)C2)C1. The van der Waals surface area contributed by atoms with Crippen LogP contribution in [0.1, 0.15) is 33.6 Å². The lowest BCUT2D eigenvalue weighted by Crippen LogP contribution is -2.55. The molecular weight excluding hydrogens is 216 g/mol. The number of nitrogens with zero attached hydrogens (tertiary/aromatic N) is 1. The molecule has 2 aliphatic rings. The van der Waals surface area contributed by atoms with Crippen molar-refractivity contribution in [3.05, 3.63) is 0 Å². The molecule has 2 fully saturated rings. The second-order valence-electron chi connectivity index (χ2n) is 5.64. The van der Waals surface area contributed by atoms with Gasteiger partial charge < -0.3 is 15.0 Å². The number of ether oxygens (including phenoxy) is 1. The summed E-state index contributed by atoms with van der Waals surface area (Å²) in [5.74, 6) is 0.916. The van der Waals surface area contributed by atoms with Gasteiger partial charge in [-0.15, -0.1) is 0 Å². The molecule has 0 aromatic heterocycles. The largest absolute Gasteiger partial charge is 0.372 e. The molecule has 0 radical (unpaired) electrons. The minimum Gasteiger partial charge on any atom is -0.372 e. The fourth-order valence-electron chi connectivity index (χ4n) is 2.87. The van der Waals surface area contributed by atoms with Crippen LogP contribution in [0.15, 0.2) is 0 Å². The van der Waals surface area contributed by atoms with Crippen LogP contribution in [-0.2, 0) is 9.53 Å². The zero-order valence-electron chi connectivity index (χ0n) is 11.1. The van der Waals surface area contributed by atoms with Gasteiger partial charge in [-0.25, -0.2) is 0 Å². The van der Waals surface area contributed by atoms with Gasteiger partial charge in [0.25, 0.3) is 0 Å². The summed E-state index contributed by atoms with van der Waals surface area (Å²) in [6, 6.07) is 0.0243. The molecule has 0 bridgehead atoms. The lowest BCUT2D eigenvalue weighted by molar-refractivity contribution is -0.146. The molecule has 98 valence electrons. The molecule has 4 atom stereocenters. The lowest BCUT2D eigenvalue weighted by atomic mass is 9.93. The van der Waals surface area contributed by atoms with Crippen molar-refractivity contribution in [2.75, 3.05) is 19.6 Å². The first-order valence-electron chi connectivity index (χ1n) is 6.74. The Hall–Kier alpha value is -0.610. The summed E-state index contributed by atoms with van der Waals surface area (Å²) in [6.45, 7) is 8.73. The molecule has 4 heteroatoms. The van der Waals surface area contributed by atoms with Crippen molar-refractivity contribution in [3.63, 3.8) is 0 Å². The van der Waals surface area contributed by atoms with Gasteiger partial charge in [-0.05, 0) is 39.2 Å². The van der Waals surface area contributed by atoms with E-state index in [1.54, 1.807) is 0 Å². The normalized spacial score (nSPS) is 39.1. The Morgan fingerprint density at radius 1 is 1.24 bits per heavy atom. The maximum absolute atomic E-state index is 12.4. The van der Waals surface area contributed by atoms with Crippen LogP contribution in [0.2, 0.25) is 0 Å². The minimum absolute atomic E-state index is 0.0243. The number of piperidine rings is 1. The number of nitrogens with one attached hydrogen (secondary N) is 1. The van der Waals surface area contributed by atoms with Gasteiger partial charge in [0.1, 0.15) is 0 Å². The van der Waals surface area contributed by atoms with Gasteiger partial charge in [-0.1, -0.05) is 6.92 Å². The molecule has 4 unspecified atom stereocenters. The average molecular weight is 240 g/mol. The highest BCUT2D eigenvalue weighted by Gasteiger charge is 2.32. The van der Waals surface area contributed by atoms with E-state index in [2.05, 4.69) is 12.2 Å². The molecule has 0 spiro atoms. The first-order chi connectivity index (χ1) is 8.06. The first kappa shape index (κ1) is 12.8. The van der Waals surface area contributed by atoms with Gasteiger partial charge in [0.15, 0.2) is 0 Å². The third-order valence-electron chi connectivity index (χ3n) is 3.70. The van der Waals surface area contributed by atoms with E-state index in [9.17, 15) is 4.79 Å². The second-order valence-corrected chi connectivity index (χ2v) is 5.64. The molecule has 1 N–H and O–H groups in total. The van der Waals surface area contributed by atoms with Crippen LogP contribution in [0, 0.1) is 5.92 Å². The van der Waals surface area contributed by atoms with Crippen LogP contribution < -0.4 is 5.32 Å². The molecular formula is C13H24N2O2. The molecule has 4 nitrogen and oxygen atoms in total. The molecule has 1 amide bonds. The Kier molecular flexibility index (Phi) is 4.05. The number of morpholine rings is 1. The Labute approximate surface area is 104 Å². The van der Waals surface area contributed by atoms with Gasteiger partial charge in [-0.2, -0.15) is 0 Å². The van der Waals surface area contributed by atoms with E-state index in [1.807, 2.05) is 18.7 Å². The fourth-order valence-corrected chi connectivity index (χ4v) is 2.87. The van der Waals surface area contributed by atoms with Crippen molar-refractivity contribution in [1.82, 2.24) is 10.2 Å². The number of carbonyl (C=O) groups is 1. The Morgan fingerprint density at radius 3 is 2.47 bits per heavy atom. The summed E-state index contributed by atoms with van der Waals surface area (Å²) < 4.78 is 5.66. The maximum atomic E-state index is 12.4. The summed E-state index contributed by atoms with van der Waals surface area (Å²) in [4.78, 5) is 14.4.